The molecular weight excluding hydrogens is 286 g/mol. The first kappa shape index (κ1) is 17.2. The quantitative estimate of drug-likeness (QED) is 0.751. The summed E-state index contributed by atoms with van der Waals surface area (Å²) in [5.74, 6) is 2.08. The fraction of sp³-hybridized carbons (Fsp3) is 0.400. The average molecular weight is 313 g/mol. The highest BCUT2D eigenvalue weighted by Crippen LogP contribution is 2.28. The van der Waals surface area contributed by atoms with Crippen LogP contribution < -0.4 is 14.8 Å². The minimum absolute atomic E-state index is 0.493. The number of hydrogen-bond donors (Lipinski definition) is 1. The molecule has 124 valence electrons. The lowest BCUT2D eigenvalue weighted by molar-refractivity contribution is 0.257. The van der Waals surface area contributed by atoms with E-state index in [0.717, 1.165) is 30.2 Å². The van der Waals surface area contributed by atoms with Crippen molar-refractivity contribution in [2.75, 3.05) is 19.0 Å². The summed E-state index contributed by atoms with van der Waals surface area (Å²) in [4.78, 5) is 0. The summed E-state index contributed by atoms with van der Waals surface area (Å²) in [5.41, 5.74) is 3.64. The first-order chi connectivity index (χ1) is 11.1. The monoisotopic (exact) mass is 313 g/mol. The molecule has 0 saturated heterocycles. The van der Waals surface area contributed by atoms with Gasteiger partial charge in [0.15, 0.2) is 11.5 Å². The Labute approximate surface area is 139 Å². The summed E-state index contributed by atoms with van der Waals surface area (Å²) in [6.07, 6.45) is 1.06. The van der Waals surface area contributed by atoms with Crippen molar-refractivity contribution in [3.8, 4) is 11.5 Å². The Hall–Kier alpha value is -2.16. The van der Waals surface area contributed by atoms with Crippen LogP contribution in [-0.2, 0) is 13.0 Å². The molecule has 2 aromatic carbocycles. The van der Waals surface area contributed by atoms with Gasteiger partial charge in [0, 0.05) is 12.2 Å². The Morgan fingerprint density at radius 3 is 2.26 bits per heavy atom. The Bertz CT molecular complexity index is 606. The molecule has 0 heterocycles. The summed E-state index contributed by atoms with van der Waals surface area (Å²) >= 11 is 0. The highest BCUT2D eigenvalue weighted by Gasteiger charge is 2.07. The Balaban J connectivity index is 1.99. The molecular formula is C20H27NO2. The van der Waals surface area contributed by atoms with Crippen LogP contribution in [0.25, 0.3) is 0 Å². The lowest BCUT2D eigenvalue weighted by Gasteiger charge is -2.14. The van der Waals surface area contributed by atoms with Crippen LogP contribution in [-0.4, -0.2) is 13.7 Å². The molecule has 0 bridgehead atoms. The standard InChI is InChI=1S/C20H27NO2/c1-5-16-6-9-18(10-7-16)21-13-17-8-11-19(20(12-17)22-4)23-14-15(2)3/h6-12,15,21H,5,13-14H2,1-4H3. The summed E-state index contributed by atoms with van der Waals surface area (Å²) in [6, 6.07) is 14.6. The maximum absolute atomic E-state index is 5.79. The number of nitrogens with one attached hydrogen (secondary N) is 1. The van der Waals surface area contributed by atoms with E-state index < -0.39 is 0 Å². The molecule has 0 amide bonds. The van der Waals surface area contributed by atoms with E-state index in [-0.39, 0.29) is 0 Å². The van der Waals surface area contributed by atoms with Crippen LogP contribution in [0.2, 0.25) is 0 Å². The zero-order valence-corrected chi connectivity index (χ0v) is 14.6. The molecule has 0 radical (unpaired) electrons. The van der Waals surface area contributed by atoms with Gasteiger partial charge in [0.25, 0.3) is 0 Å². The lowest BCUT2D eigenvalue weighted by Crippen LogP contribution is -2.06. The maximum Gasteiger partial charge on any atom is 0.161 e. The van der Waals surface area contributed by atoms with Crippen LogP contribution >= 0.6 is 0 Å². The fourth-order valence-electron chi connectivity index (χ4n) is 2.26. The first-order valence-electron chi connectivity index (χ1n) is 8.25. The fourth-order valence-corrected chi connectivity index (χ4v) is 2.26. The van der Waals surface area contributed by atoms with Crippen LogP contribution in [0.5, 0.6) is 11.5 Å². The zero-order chi connectivity index (χ0) is 16.7. The van der Waals surface area contributed by atoms with E-state index in [1.807, 2.05) is 12.1 Å². The third kappa shape index (κ3) is 5.20. The van der Waals surface area contributed by atoms with Crippen LogP contribution in [0.1, 0.15) is 31.9 Å². The van der Waals surface area contributed by atoms with E-state index >= 15 is 0 Å². The molecule has 23 heavy (non-hydrogen) atoms. The van der Waals surface area contributed by atoms with Gasteiger partial charge in [-0.05, 0) is 47.7 Å². The average Bonchev–Trinajstić information content (AvgIpc) is 2.58. The topological polar surface area (TPSA) is 30.5 Å². The molecule has 0 aromatic heterocycles. The summed E-state index contributed by atoms with van der Waals surface area (Å²) in [7, 11) is 1.68. The van der Waals surface area contributed by atoms with Gasteiger partial charge >= 0.3 is 0 Å². The molecule has 2 aromatic rings. The summed E-state index contributed by atoms with van der Waals surface area (Å²) < 4.78 is 11.2. The van der Waals surface area contributed by atoms with Crippen molar-refractivity contribution < 1.29 is 9.47 Å². The minimum Gasteiger partial charge on any atom is -0.493 e. The normalized spacial score (nSPS) is 10.7. The van der Waals surface area contributed by atoms with E-state index in [2.05, 4.69) is 56.4 Å². The van der Waals surface area contributed by atoms with Crippen LogP contribution in [0.15, 0.2) is 42.5 Å². The van der Waals surface area contributed by atoms with E-state index in [1.54, 1.807) is 7.11 Å². The Morgan fingerprint density at radius 2 is 1.65 bits per heavy atom. The van der Waals surface area contributed by atoms with E-state index in [9.17, 15) is 0 Å². The number of methoxy groups -OCH3 is 1. The maximum atomic E-state index is 5.79. The number of rotatable bonds is 8. The summed E-state index contributed by atoms with van der Waals surface area (Å²) in [5, 5.41) is 3.44. The second-order valence-corrected chi connectivity index (χ2v) is 6.09. The number of aryl methyl sites for hydroxylation is 1. The number of ether oxygens (including phenoxy) is 2. The van der Waals surface area contributed by atoms with Crippen molar-refractivity contribution in [2.45, 2.75) is 33.7 Å². The second kappa shape index (κ2) is 8.47. The molecule has 2 rings (SSSR count). The third-order valence-corrected chi connectivity index (χ3v) is 3.66. The van der Waals surface area contributed by atoms with E-state index in [1.165, 1.54) is 11.1 Å². The van der Waals surface area contributed by atoms with E-state index in [4.69, 9.17) is 9.47 Å². The lowest BCUT2D eigenvalue weighted by atomic mass is 10.1. The molecule has 1 N–H and O–H groups in total. The number of benzene rings is 2. The number of anilines is 1. The van der Waals surface area contributed by atoms with Gasteiger partial charge < -0.3 is 14.8 Å². The molecule has 3 heteroatoms. The molecule has 0 atom stereocenters. The van der Waals surface area contributed by atoms with Crippen molar-refractivity contribution in [3.05, 3.63) is 53.6 Å². The predicted octanol–water partition coefficient (Wildman–Crippen LogP) is 4.90. The Kier molecular flexibility index (Phi) is 6.33. The van der Waals surface area contributed by atoms with E-state index in [0.29, 0.717) is 12.5 Å². The van der Waals surface area contributed by atoms with Gasteiger partial charge in [0.1, 0.15) is 0 Å². The zero-order valence-electron chi connectivity index (χ0n) is 14.6. The highest BCUT2D eigenvalue weighted by molar-refractivity contribution is 5.47. The van der Waals surface area contributed by atoms with Gasteiger partial charge in [-0.2, -0.15) is 0 Å². The second-order valence-electron chi connectivity index (χ2n) is 6.09. The molecule has 0 fully saturated rings. The summed E-state index contributed by atoms with van der Waals surface area (Å²) in [6.45, 7) is 7.88. The highest BCUT2D eigenvalue weighted by atomic mass is 16.5. The van der Waals surface area contributed by atoms with Crippen molar-refractivity contribution in [1.29, 1.82) is 0 Å². The van der Waals surface area contributed by atoms with Gasteiger partial charge in [-0.15, -0.1) is 0 Å². The van der Waals surface area contributed by atoms with Crippen LogP contribution in [0.4, 0.5) is 5.69 Å². The van der Waals surface area contributed by atoms with Crippen molar-refractivity contribution in [2.24, 2.45) is 5.92 Å². The van der Waals surface area contributed by atoms with Crippen molar-refractivity contribution in [1.82, 2.24) is 0 Å². The molecule has 0 unspecified atom stereocenters. The predicted molar refractivity (Wildman–Crippen MR) is 96.5 cm³/mol. The van der Waals surface area contributed by atoms with Gasteiger partial charge in [0.05, 0.1) is 13.7 Å². The first-order valence-corrected chi connectivity index (χ1v) is 8.25. The SMILES string of the molecule is CCc1ccc(NCc2ccc(OCC(C)C)c(OC)c2)cc1. The smallest absolute Gasteiger partial charge is 0.161 e. The largest absolute Gasteiger partial charge is 0.493 e. The van der Waals surface area contributed by atoms with Gasteiger partial charge in [-0.3, -0.25) is 0 Å². The Morgan fingerprint density at radius 1 is 0.957 bits per heavy atom. The minimum atomic E-state index is 0.493. The van der Waals surface area contributed by atoms with Gasteiger partial charge in [-0.25, -0.2) is 0 Å². The van der Waals surface area contributed by atoms with Gasteiger partial charge in [-0.1, -0.05) is 39.0 Å². The number of hydrogen-bond acceptors (Lipinski definition) is 3. The van der Waals surface area contributed by atoms with Crippen LogP contribution in [0, 0.1) is 5.92 Å². The van der Waals surface area contributed by atoms with Gasteiger partial charge in [0.2, 0.25) is 0 Å². The third-order valence-electron chi connectivity index (χ3n) is 3.66. The van der Waals surface area contributed by atoms with Crippen molar-refractivity contribution >= 4 is 5.69 Å². The molecule has 0 aliphatic carbocycles. The molecule has 0 aliphatic rings. The molecule has 3 nitrogen and oxygen atoms in total. The molecule has 0 spiro atoms. The molecule has 0 saturated carbocycles. The molecule has 0 aliphatic heterocycles. The van der Waals surface area contributed by atoms with Crippen molar-refractivity contribution in [3.63, 3.8) is 0 Å². The van der Waals surface area contributed by atoms with Crippen LogP contribution in [0.3, 0.4) is 0 Å².